The van der Waals surface area contributed by atoms with Gasteiger partial charge < -0.3 is 15.2 Å². The van der Waals surface area contributed by atoms with Crippen molar-refractivity contribution < 1.29 is 9.47 Å². The number of hydrogen-bond acceptors (Lipinski definition) is 3. The van der Waals surface area contributed by atoms with Crippen molar-refractivity contribution >= 4 is 0 Å². The van der Waals surface area contributed by atoms with Crippen LogP contribution in [0.5, 0.6) is 0 Å². The van der Waals surface area contributed by atoms with Crippen molar-refractivity contribution in [3.8, 4) is 0 Å². The molecule has 3 fully saturated rings. The molecule has 0 aromatic heterocycles. The summed E-state index contributed by atoms with van der Waals surface area (Å²) >= 11 is 0. The Hall–Kier alpha value is -0.120. The fourth-order valence-corrected chi connectivity index (χ4v) is 4.14. The first-order chi connectivity index (χ1) is 9.27. The summed E-state index contributed by atoms with van der Waals surface area (Å²) in [6.07, 6.45) is 14.5. The van der Waals surface area contributed by atoms with Gasteiger partial charge in [0.05, 0.1) is 24.4 Å². The molecule has 3 atom stereocenters. The molecule has 2 N–H and O–H groups in total. The number of hydrogen-bond donors (Lipinski definition) is 1. The molecule has 3 rings (SSSR count). The van der Waals surface area contributed by atoms with Gasteiger partial charge in [-0.1, -0.05) is 32.1 Å². The van der Waals surface area contributed by atoms with Gasteiger partial charge in [0.15, 0.2) is 0 Å². The molecule has 3 aliphatic rings. The first-order valence-corrected chi connectivity index (χ1v) is 8.32. The zero-order valence-electron chi connectivity index (χ0n) is 12.1. The van der Waals surface area contributed by atoms with Crippen LogP contribution in [0.3, 0.4) is 0 Å². The zero-order valence-corrected chi connectivity index (χ0v) is 12.1. The van der Waals surface area contributed by atoms with Crippen LogP contribution in [0.25, 0.3) is 0 Å². The minimum atomic E-state index is 0.223. The molecule has 0 radical (unpaired) electrons. The highest BCUT2D eigenvalue weighted by Gasteiger charge is 2.41. The lowest BCUT2D eigenvalue weighted by Crippen LogP contribution is -2.41. The molecule has 0 aromatic carbocycles. The van der Waals surface area contributed by atoms with E-state index in [-0.39, 0.29) is 17.7 Å². The first-order valence-electron chi connectivity index (χ1n) is 8.32. The van der Waals surface area contributed by atoms with Crippen LogP contribution in [-0.2, 0) is 9.47 Å². The maximum absolute atomic E-state index is 6.35. The molecule has 0 bridgehead atoms. The third-order valence-electron chi connectivity index (χ3n) is 5.35. The van der Waals surface area contributed by atoms with E-state index in [1.165, 1.54) is 57.8 Å². The summed E-state index contributed by atoms with van der Waals surface area (Å²) in [4.78, 5) is 0. The summed E-state index contributed by atoms with van der Waals surface area (Å²) in [7, 11) is 0. The van der Waals surface area contributed by atoms with Crippen LogP contribution >= 0.6 is 0 Å². The molecule has 2 saturated carbocycles. The minimum absolute atomic E-state index is 0.223. The van der Waals surface area contributed by atoms with Gasteiger partial charge in [0.2, 0.25) is 0 Å². The summed E-state index contributed by atoms with van der Waals surface area (Å²) < 4.78 is 12.4. The highest BCUT2D eigenvalue weighted by atomic mass is 16.6. The van der Waals surface area contributed by atoms with E-state index in [0.29, 0.717) is 6.10 Å². The molecule has 3 unspecified atom stereocenters. The van der Waals surface area contributed by atoms with E-state index in [9.17, 15) is 0 Å². The maximum Gasteiger partial charge on any atom is 0.0817 e. The monoisotopic (exact) mass is 267 g/mol. The number of nitrogens with two attached hydrogens (primary N) is 1. The Kier molecular flexibility index (Phi) is 4.45. The molecule has 2 aliphatic carbocycles. The van der Waals surface area contributed by atoms with E-state index in [2.05, 4.69) is 0 Å². The Labute approximate surface area is 117 Å². The molecular formula is C16H29NO2. The quantitative estimate of drug-likeness (QED) is 0.854. The van der Waals surface area contributed by atoms with E-state index < -0.39 is 0 Å². The molecule has 0 aromatic rings. The standard InChI is InChI=1S/C16H29NO2/c17-14-6-2-3-7-15(14)18-12-13-8-11-16(19-13)9-4-1-5-10-16/h13-15H,1-12,17H2. The summed E-state index contributed by atoms with van der Waals surface area (Å²) in [6, 6.07) is 0.249. The van der Waals surface area contributed by atoms with E-state index in [4.69, 9.17) is 15.2 Å². The van der Waals surface area contributed by atoms with Gasteiger partial charge in [-0.25, -0.2) is 0 Å². The normalized spacial score (nSPS) is 38.7. The predicted octanol–water partition coefficient (Wildman–Crippen LogP) is 3.15. The molecule has 1 aliphatic heterocycles. The van der Waals surface area contributed by atoms with E-state index >= 15 is 0 Å². The number of rotatable bonds is 3. The average Bonchev–Trinajstić information content (AvgIpc) is 2.82. The highest BCUT2D eigenvalue weighted by molar-refractivity contribution is 4.91. The molecule has 1 saturated heterocycles. The van der Waals surface area contributed by atoms with Crippen molar-refractivity contribution in [3.05, 3.63) is 0 Å². The smallest absolute Gasteiger partial charge is 0.0817 e. The Morgan fingerprint density at radius 3 is 2.53 bits per heavy atom. The van der Waals surface area contributed by atoms with E-state index in [1.54, 1.807) is 0 Å². The first kappa shape index (κ1) is 13.8. The fourth-order valence-electron chi connectivity index (χ4n) is 4.14. The summed E-state index contributed by atoms with van der Waals surface area (Å²) in [5.74, 6) is 0. The van der Waals surface area contributed by atoms with Gasteiger partial charge in [0.25, 0.3) is 0 Å². The van der Waals surface area contributed by atoms with Crippen molar-refractivity contribution in [3.63, 3.8) is 0 Å². The van der Waals surface area contributed by atoms with E-state index in [0.717, 1.165) is 19.4 Å². The van der Waals surface area contributed by atoms with Gasteiger partial charge >= 0.3 is 0 Å². The van der Waals surface area contributed by atoms with Gasteiger partial charge in [-0.3, -0.25) is 0 Å². The van der Waals surface area contributed by atoms with Gasteiger partial charge in [-0.05, 0) is 38.5 Å². The van der Waals surface area contributed by atoms with Crippen LogP contribution in [0.2, 0.25) is 0 Å². The SMILES string of the molecule is NC1CCCCC1OCC1CCC2(CCCCC2)O1. The van der Waals surface area contributed by atoms with Crippen molar-refractivity contribution in [2.75, 3.05) is 6.61 Å². The second-order valence-electron chi connectivity index (χ2n) is 6.84. The lowest BCUT2D eigenvalue weighted by molar-refractivity contribution is -0.104. The third-order valence-corrected chi connectivity index (χ3v) is 5.35. The van der Waals surface area contributed by atoms with Crippen molar-refractivity contribution in [1.29, 1.82) is 0 Å². The minimum Gasteiger partial charge on any atom is -0.374 e. The second kappa shape index (κ2) is 6.11. The van der Waals surface area contributed by atoms with Gasteiger partial charge in [0, 0.05) is 6.04 Å². The van der Waals surface area contributed by atoms with Crippen LogP contribution in [0.15, 0.2) is 0 Å². The largest absolute Gasteiger partial charge is 0.374 e. The maximum atomic E-state index is 6.35. The Morgan fingerprint density at radius 1 is 0.947 bits per heavy atom. The third kappa shape index (κ3) is 3.32. The van der Waals surface area contributed by atoms with Crippen LogP contribution in [0.1, 0.15) is 70.6 Å². The Bertz CT molecular complexity index is 288. The van der Waals surface area contributed by atoms with Crippen LogP contribution < -0.4 is 5.73 Å². The van der Waals surface area contributed by atoms with Crippen molar-refractivity contribution in [2.45, 2.75) is 94.5 Å². The Morgan fingerprint density at radius 2 is 1.74 bits per heavy atom. The zero-order chi connectivity index (χ0) is 13.1. The summed E-state index contributed by atoms with van der Waals surface area (Å²) in [6.45, 7) is 0.764. The molecule has 110 valence electrons. The Balaban J connectivity index is 1.44. The van der Waals surface area contributed by atoms with Gasteiger partial charge in [0.1, 0.15) is 0 Å². The fraction of sp³-hybridized carbons (Fsp3) is 1.00. The predicted molar refractivity (Wildman–Crippen MR) is 76.1 cm³/mol. The lowest BCUT2D eigenvalue weighted by atomic mass is 9.83. The van der Waals surface area contributed by atoms with Gasteiger partial charge in [-0.2, -0.15) is 0 Å². The molecule has 1 heterocycles. The van der Waals surface area contributed by atoms with Crippen molar-refractivity contribution in [2.24, 2.45) is 5.73 Å². The van der Waals surface area contributed by atoms with Crippen LogP contribution in [-0.4, -0.2) is 30.5 Å². The summed E-state index contributed by atoms with van der Waals surface area (Å²) in [5, 5.41) is 0. The van der Waals surface area contributed by atoms with Crippen LogP contribution in [0.4, 0.5) is 0 Å². The molecule has 3 nitrogen and oxygen atoms in total. The molecule has 3 heteroatoms. The molecule has 0 amide bonds. The molecule has 1 spiro atoms. The highest BCUT2D eigenvalue weighted by Crippen LogP contribution is 2.42. The van der Waals surface area contributed by atoms with Crippen molar-refractivity contribution in [1.82, 2.24) is 0 Å². The molecular weight excluding hydrogens is 238 g/mol. The average molecular weight is 267 g/mol. The van der Waals surface area contributed by atoms with Gasteiger partial charge in [-0.15, -0.1) is 0 Å². The second-order valence-corrected chi connectivity index (χ2v) is 6.84. The lowest BCUT2D eigenvalue weighted by Gasteiger charge is -2.34. The molecule has 19 heavy (non-hydrogen) atoms. The van der Waals surface area contributed by atoms with E-state index in [1.807, 2.05) is 0 Å². The van der Waals surface area contributed by atoms with Crippen LogP contribution in [0, 0.1) is 0 Å². The summed E-state index contributed by atoms with van der Waals surface area (Å²) in [5.41, 5.74) is 6.36. The number of ether oxygens (including phenoxy) is 2. The topological polar surface area (TPSA) is 44.5 Å².